The van der Waals surface area contributed by atoms with Crippen LogP contribution in [0.4, 0.5) is 4.39 Å². The Balaban J connectivity index is 2.38. The topological polar surface area (TPSA) is 29.1 Å². The van der Waals surface area contributed by atoms with Gasteiger partial charge in [-0.05, 0) is 25.5 Å². The highest BCUT2D eigenvalue weighted by molar-refractivity contribution is 5.94. The minimum Gasteiger partial charge on any atom is -0.349 e. The normalized spacial score (nSPS) is 12.2. The molecule has 0 aliphatic carbocycles. The van der Waals surface area contributed by atoms with E-state index in [0.29, 0.717) is 0 Å². The minimum atomic E-state index is -0.465. The zero-order valence-electron chi connectivity index (χ0n) is 11.2. The molecule has 0 saturated heterocycles. The third-order valence-corrected chi connectivity index (χ3v) is 2.99. The van der Waals surface area contributed by atoms with Crippen molar-refractivity contribution in [2.75, 3.05) is 0 Å². The van der Waals surface area contributed by atoms with Gasteiger partial charge in [0.2, 0.25) is 0 Å². The van der Waals surface area contributed by atoms with Crippen LogP contribution in [-0.2, 0) is 0 Å². The van der Waals surface area contributed by atoms with Gasteiger partial charge in [-0.1, -0.05) is 44.7 Å². The molecule has 0 spiro atoms. The first-order valence-corrected chi connectivity index (χ1v) is 6.70. The summed E-state index contributed by atoms with van der Waals surface area (Å²) in [7, 11) is 0. The molecule has 0 aliphatic heterocycles. The SMILES string of the molecule is CCCCCCC(C)NC(=O)c1ccccc1F. The molecule has 0 aliphatic rings. The van der Waals surface area contributed by atoms with Crippen LogP contribution in [-0.4, -0.2) is 11.9 Å². The fraction of sp³-hybridized carbons (Fsp3) is 0.533. The maximum atomic E-state index is 13.4. The van der Waals surface area contributed by atoms with Crippen LogP contribution in [0.2, 0.25) is 0 Å². The number of carbonyl (C=O) groups is 1. The van der Waals surface area contributed by atoms with Crippen LogP contribution < -0.4 is 5.32 Å². The van der Waals surface area contributed by atoms with Gasteiger partial charge in [0, 0.05) is 6.04 Å². The summed E-state index contributed by atoms with van der Waals surface area (Å²) in [5.74, 6) is -0.788. The fourth-order valence-electron chi connectivity index (χ4n) is 1.90. The van der Waals surface area contributed by atoms with Crippen molar-refractivity contribution in [2.45, 2.75) is 52.0 Å². The predicted molar refractivity (Wildman–Crippen MR) is 72.1 cm³/mol. The molecule has 3 heteroatoms. The average Bonchev–Trinajstić information content (AvgIpc) is 2.35. The Labute approximate surface area is 109 Å². The lowest BCUT2D eigenvalue weighted by Gasteiger charge is -2.14. The molecule has 1 amide bonds. The molecule has 0 radical (unpaired) electrons. The fourth-order valence-corrected chi connectivity index (χ4v) is 1.90. The molecule has 0 fully saturated rings. The third-order valence-electron chi connectivity index (χ3n) is 2.99. The number of nitrogens with one attached hydrogen (secondary N) is 1. The van der Waals surface area contributed by atoms with Gasteiger partial charge in [0.05, 0.1) is 5.56 Å². The quantitative estimate of drug-likeness (QED) is 0.731. The highest BCUT2D eigenvalue weighted by atomic mass is 19.1. The lowest BCUT2D eigenvalue weighted by molar-refractivity contribution is 0.0934. The Hall–Kier alpha value is -1.38. The van der Waals surface area contributed by atoms with Crippen LogP contribution in [0.25, 0.3) is 0 Å². The van der Waals surface area contributed by atoms with Crippen LogP contribution in [0.1, 0.15) is 56.3 Å². The lowest BCUT2D eigenvalue weighted by Crippen LogP contribution is -2.33. The van der Waals surface area contributed by atoms with Gasteiger partial charge >= 0.3 is 0 Å². The van der Waals surface area contributed by atoms with Crippen LogP contribution >= 0.6 is 0 Å². The van der Waals surface area contributed by atoms with E-state index in [1.54, 1.807) is 12.1 Å². The summed E-state index contributed by atoms with van der Waals surface area (Å²) in [6.45, 7) is 4.13. The molecule has 0 saturated carbocycles. The molecule has 18 heavy (non-hydrogen) atoms. The number of halogens is 1. The Morgan fingerprint density at radius 2 is 2.00 bits per heavy atom. The van der Waals surface area contributed by atoms with E-state index in [-0.39, 0.29) is 17.5 Å². The molecule has 1 unspecified atom stereocenters. The second-order valence-electron chi connectivity index (χ2n) is 4.70. The van der Waals surface area contributed by atoms with E-state index in [1.807, 2.05) is 6.92 Å². The summed E-state index contributed by atoms with van der Waals surface area (Å²) in [5.41, 5.74) is 0.123. The monoisotopic (exact) mass is 251 g/mol. The predicted octanol–water partition coefficient (Wildman–Crippen LogP) is 3.91. The van der Waals surface area contributed by atoms with E-state index >= 15 is 0 Å². The van der Waals surface area contributed by atoms with E-state index in [9.17, 15) is 9.18 Å². The Morgan fingerprint density at radius 3 is 2.67 bits per heavy atom. The summed E-state index contributed by atoms with van der Waals surface area (Å²) in [4.78, 5) is 11.8. The van der Waals surface area contributed by atoms with Gasteiger partial charge in [-0.15, -0.1) is 0 Å². The summed E-state index contributed by atoms with van der Waals surface area (Å²) in [6, 6.07) is 6.16. The van der Waals surface area contributed by atoms with E-state index in [1.165, 1.54) is 31.4 Å². The van der Waals surface area contributed by atoms with Gasteiger partial charge in [-0.2, -0.15) is 0 Å². The number of benzene rings is 1. The first-order chi connectivity index (χ1) is 8.65. The number of hydrogen-bond donors (Lipinski definition) is 1. The first-order valence-electron chi connectivity index (χ1n) is 6.70. The second kappa shape index (κ2) is 7.85. The van der Waals surface area contributed by atoms with E-state index in [4.69, 9.17) is 0 Å². The van der Waals surface area contributed by atoms with Gasteiger partial charge in [0.1, 0.15) is 5.82 Å². The summed E-state index contributed by atoms with van der Waals surface area (Å²) >= 11 is 0. The minimum absolute atomic E-state index is 0.0916. The van der Waals surface area contributed by atoms with E-state index < -0.39 is 5.82 Å². The van der Waals surface area contributed by atoms with Crippen molar-refractivity contribution in [3.8, 4) is 0 Å². The Bertz CT molecular complexity index is 379. The van der Waals surface area contributed by atoms with Crippen molar-refractivity contribution >= 4 is 5.91 Å². The lowest BCUT2D eigenvalue weighted by atomic mass is 10.1. The number of hydrogen-bond acceptors (Lipinski definition) is 1. The van der Waals surface area contributed by atoms with Gasteiger partial charge in [-0.25, -0.2) is 4.39 Å². The molecule has 0 bridgehead atoms. The van der Waals surface area contributed by atoms with Crippen molar-refractivity contribution in [1.29, 1.82) is 0 Å². The maximum absolute atomic E-state index is 13.4. The van der Waals surface area contributed by atoms with Crippen molar-refractivity contribution in [2.24, 2.45) is 0 Å². The Morgan fingerprint density at radius 1 is 1.28 bits per heavy atom. The second-order valence-corrected chi connectivity index (χ2v) is 4.70. The molecule has 1 rings (SSSR count). The summed E-state index contributed by atoms with van der Waals surface area (Å²) in [6.07, 6.45) is 5.67. The molecule has 2 nitrogen and oxygen atoms in total. The zero-order chi connectivity index (χ0) is 13.4. The zero-order valence-corrected chi connectivity index (χ0v) is 11.2. The largest absolute Gasteiger partial charge is 0.349 e. The summed E-state index contributed by atoms with van der Waals surface area (Å²) < 4.78 is 13.4. The standard InChI is InChI=1S/C15H22FNO/c1-3-4-5-6-9-12(2)17-15(18)13-10-7-8-11-14(13)16/h7-8,10-12H,3-6,9H2,1-2H3,(H,17,18). The average molecular weight is 251 g/mol. The summed E-state index contributed by atoms with van der Waals surface area (Å²) in [5, 5.41) is 2.83. The van der Waals surface area contributed by atoms with Crippen molar-refractivity contribution < 1.29 is 9.18 Å². The van der Waals surface area contributed by atoms with Crippen molar-refractivity contribution in [1.82, 2.24) is 5.32 Å². The van der Waals surface area contributed by atoms with Crippen molar-refractivity contribution in [3.05, 3.63) is 35.6 Å². The molecule has 0 aromatic heterocycles. The Kier molecular flexibility index (Phi) is 6.40. The molecular weight excluding hydrogens is 229 g/mol. The molecule has 0 heterocycles. The van der Waals surface area contributed by atoms with Gasteiger partial charge in [0.15, 0.2) is 0 Å². The van der Waals surface area contributed by atoms with Crippen LogP contribution in [0.15, 0.2) is 24.3 Å². The number of unbranched alkanes of at least 4 members (excludes halogenated alkanes) is 3. The van der Waals surface area contributed by atoms with Gasteiger partial charge in [0.25, 0.3) is 5.91 Å². The number of carbonyl (C=O) groups excluding carboxylic acids is 1. The molecule has 1 N–H and O–H groups in total. The molecule has 100 valence electrons. The van der Waals surface area contributed by atoms with E-state index in [0.717, 1.165) is 12.8 Å². The van der Waals surface area contributed by atoms with Crippen LogP contribution in [0, 0.1) is 5.82 Å². The van der Waals surface area contributed by atoms with E-state index in [2.05, 4.69) is 12.2 Å². The third kappa shape index (κ3) is 4.86. The maximum Gasteiger partial charge on any atom is 0.254 e. The smallest absolute Gasteiger partial charge is 0.254 e. The highest BCUT2D eigenvalue weighted by Crippen LogP contribution is 2.09. The number of amides is 1. The molecule has 1 aromatic rings. The first kappa shape index (κ1) is 14.7. The molecular formula is C15H22FNO. The van der Waals surface area contributed by atoms with Gasteiger partial charge < -0.3 is 5.32 Å². The van der Waals surface area contributed by atoms with Crippen LogP contribution in [0.5, 0.6) is 0 Å². The molecule has 1 atom stereocenters. The molecule has 1 aromatic carbocycles. The van der Waals surface area contributed by atoms with Gasteiger partial charge in [-0.3, -0.25) is 4.79 Å². The van der Waals surface area contributed by atoms with Crippen molar-refractivity contribution in [3.63, 3.8) is 0 Å². The number of rotatable bonds is 7. The highest BCUT2D eigenvalue weighted by Gasteiger charge is 2.12. The van der Waals surface area contributed by atoms with Crippen LogP contribution in [0.3, 0.4) is 0 Å².